The van der Waals surface area contributed by atoms with Crippen LogP contribution in [0.15, 0.2) is 24.3 Å². The summed E-state index contributed by atoms with van der Waals surface area (Å²) in [6, 6.07) is 0.793. The molecule has 1 aliphatic rings. The number of halogens is 6. The van der Waals surface area contributed by atoms with Crippen molar-refractivity contribution in [2.75, 3.05) is 22.0 Å². The first kappa shape index (κ1) is 22.8. The highest BCUT2D eigenvalue weighted by molar-refractivity contribution is 7.93. The van der Waals surface area contributed by atoms with Crippen molar-refractivity contribution >= 4 is 27.4 Å². The fourth-order valence-corrected chi connectivity index (χ4v) is 4.89. The number of likely N-dealkylation sites (N-methyl/N-ethyl adjacent to an activating group) is 1. The van der Waals surface area contributed by atoms with Crippen molar-refractivity contribution < 1.29 is 39.6 Å². The highest BCUT2D eigenvalue weighted by atomic mass is 32.2. The topological polar surface area (TPSA) is 70.6 Å². The van der Waals surface area contributed by atoms with Crippen LogP contribution in [0.1, 0.15) is 17.7 Å². The molecule has 1 saturated heterocycles. The van der Waals surface area contributed by atoms with Crippen LogP contribution in [0.2, 0.25) is 0 Å². The van der Waals surface area contributed by atoms with Gasteiger partial charge in [0.05, 0.1) is 11.3 Å². The molecule has 1 aliphatic heterocycles. The molecule has 6 nitrogen and oxygen atoms in total. The molecule has 1 amide bonds. The average molecular weight is 467 g/mol. The highest BCUT2D eigenvalue weighted by Crippen LogP contribution is 2.35. The first-order chi connectivity index (χ1) is 14.2. The zero-order chi connectivity index (χ0) is 23.3. The SMILES string of the molecule is Cc1cc(C(F)(F)F)cc(N2[C@H](C(=O)N(C)c3cc(F)c(F)c(F)c3)CCS2(=O)=O)n1. The van der Waals surface area contributed by atoms with E-state index in [0.29, 0.717) is 27.4 Å². The summed E-state index contributed by atoms with van der Waals surface area (Å²) in [5.41, 5.74) is -1.69. The number of pyridine rings is 1. The molecule has 0 N–H and O–H groups in total. The summed E-state index contributed by atoms with van der Waals surface area (Å²) in [5, 5.41) is 0. The number of alkyl halides is 3. The summed E-state index contributed by atoms with van der Waals surface area (Å²) in [7, 11) is -3.13. The summed E-state index contributed by atoms with van der Waals surface area (Å²) in [6.07, 6.45) is -5.08. The van der Waals surface area contributed by atoms with E-state index in [0.717, 1.165) is 13.1 Å². The Bertz CT molecular complexity index is 1130. The van der Waals surface area contributed by atoms with Gasteiger partial charge in [0.2, 0.25) is 10.0 Å². The molecule has 168 valence electrons. The van der Waals surface area contributed by atoms with Gasteiger partial charge in [-0.3, -0.25) is 4.79 Å². The Labute approximate surface area is 173 Å². The second-order valence-corrected chi connectivity index (χ2v) is 8.86. The van der Waals surface area contributed by atoms with Gasteiger partial charge in [0.15, 0.2) is 17.5 Å². The normalized spacial score (nSPS) is 18.3. The number of sulfonamides is 1. The molecule has 0 unspecified atom stereocenters. The number of hydrogen-bond acceptors (Lipinski definition) is 4. The van der Waals surface area contributed by atoms with E-state index in [1.165, 1.54) is 6.92 Å². The van der Waals surface area contributed by atoms with Crippen LogP contribution in [0.5, 0.6) is 0 Å². The Morgan fingerprint density at radius 2 is 1.71 bits per heavy atom. The fraction of sp³-hybridized carbons (Fsp3) is 0.333. The summed E-state index contributed by atoms with van der Waals surface area (Å²) in [5.74, 6) is -7.03. The first-order valence-corrected chi connectivity index (χ1v) is 10.3. The van der Waals surface area contributed by atoms with Crippen LogP contribution in [0.4, 0.5) is 37.8 Å². The molecular formula is C18H15F6N3O3S. The van der Waals surface area contributed by atoms with Gasteiger partial charge in [0, 0.05) is 30.6 Å². The zero-order valence-corrected chi connectivity index (χ0v) is 16.9. The van der Waals surface area contributed by atoms with Gasteiger partial charge in [-0.25, -0.2) is 30.9 Å². The lowest BCUT2D eigenvalue weighted by atomic mass is 10.1. The maximum absolute atomic E-state index is 13.5. The van der Waals surface area contributed by atoms with Crippen LogP contribution in [-0.2, 0) is 21.0 Å². The second-order valence-electron chi connectivity index (χ2n) is 6.89. The van der Waals surface area contributed by atoms with E-state index in [4.69, 9.17) is 0 Å². The van der Waals surface area contributed by atoms with Crippen molar-refractivity contribution in [3.8, 4) is 0 Å². The number of hydrogen-bond donors (Lipinski definition) is 0. The van der Waals surface area contributed by atoms with Gasteiger partial charge in [-0.15, -0.1) is 0 Å². The molecule has 1 fully saturated rings. The molecule has 13 heteroatoms. The lowest BCUT2D eigenvalue weighted by Crippen LogP contribution is -2.46. The van der Waals surface area contributed by atoms with Crippen LogP contribution < -0.4 is 9.21 Å². The number of nitrogens with zero attached hydrogens (tertiary/aromatic N) is 3. The number of carbonyl (C=O) groups excluding carboxylic acids is 1. The molecule has 0 spiro atoms. The van der Waals surface area contributed by atoms with Gasteiger partial charge in [0.25, 0.3) is 5.91 Å². The van der Waals surface area contributed by atoms with Crippen LogP contribution in [0.3, 0.4) is 0 Å². The van der Waals surface area contributed by atoms with Gasteiger partial charge in [0.1, 0.15) is 11.9 Å². The van der Waals surface area contributed by atoms with E-state index < -0.39 is 68.4 Å². The number of benzene rings is 1. The molecule has 0 aliphatic carbocycles. The van der Waals surface area contributed by atoms with E-state index in [9.17, 15) is 39.6 Å². The van der Waals surface area contributed by atoms with E-state index in [1.807, 2.05) is 0 Å². The van der Waals surface area contributed by atoms with Crippen LogP contribution in [0, 0.1) is 24.4 Å². The summed E-state index contributed by atoms with van der Waals surface area (Å²) in [6.45, 7) is 1.23. The molecule has 0 bridgehead atoms. The van der Waals surface area contributed by atoms with Crippen LogP contribution in [0.25, 0.3) is 0 Å². The Hall–Kier alpha value is -2.83. The van der Waals surface area contributed by atoms with Crippen molar-refractivity contribution in [2.45, 2.75) is 25.6 Å². The zero-order valence-electron chi connectivity index (χ0n) is 16.0. The monoisotopic (exact) mass is 467 g/mol. The maximum atomic E-state index is 13.5. The van der Waals surface area contributed by atoms with Gasteiger partial charge >= 0.3 is 6.18 Å². The number of aromatic nitrogens is 1. The van der Waals surface area contributed by atoms with E-state index in [-0.39, 0.29) is 12.1 Å². The number of amides is 1. The third-order valence-corrected chi connectivity index (χ3v) is 6.49. The van der Waals surface area contributed by atoms with Gasteiger partial charge in [-0.05, 0) is 25.5 Å². The fourth-order valence-electron chi connectivity index (χ4n) is 3.21. The average Bonchev–Trinajstić information content (AvgIpc) is 2.98. The molecule has 31 heavy (non-hydrogen) atoms. The molecule has 1 aromatic heterocycles. The molecule has 3 rings (SSSR count). The Morgan fingerprint density at radius 1 is 1.13 bits per heavy atom. The standard InChI is InChI=1S/C18H15F6N3O3S/c1-9-5-10(18(22,23)24)6-15(25-9)27-14(3-4-31(27,29)30)17(28)26(2)11-7-12(19)16(21)13(20)8-11/h5-8,14H,3-4H2,1-2H3/t14-/m0/s1. The minimum absolute atomic E-state index is 0.130. The number of aryl methyl sites for hydroxylation is 1. The molecule has 1 aromatic carbocycles. The van der Waals surface area contributed by atoms with Gasteiger partial charge < -0.3 is 4.90 Å². The van der Waals surface area contributed by atoms with Crippen molar-refractivity contribution in [2.24, 2.45) is 0 Å². The van der Waals surface area contributed by atoms with Crippen molar-refractivity contribution in [1.82, 2.24) is 4.98 Å². The predicted molar refractivity (Wildman–Crippen MR) is 98.4 cm³/mol. The maximum Gasteiger partial charge on any atom is 0.416 e. The smallest absolute Gasteiger partial charge is 0.313 e. The van der Waals surface area contributed by atoms with E-state index in [1.54, 1.807) is 0 Å². The molecule has 1 atom stereocenters. The lowest BCUT2D eigenvalue weighted by molar-refractivity contribution is -0.137. The Morgan fingerprint density at radius 3 is 2.26 bits per heavy atom. The van der Waals surface area contributed by atoms with Crippen molar-refractivity contribution in [1.29, 1.82) is 0 Å². The van der Waals surface area contributed by atoms with Gasteiger partial charge in [-0.2, -0.15) is 13.2 Å². The Balaban J connectivity index is 2.04. The van der Waals surface area contributed by atoms with Gasteiger partial charge in [-0.1, -0.05) is 0 Å². The molecular weight excluding hydrogens is 452 g/mol. The van der Waals surface area contributed by atoms with Crippen molar-refractivity contribution in [3.63, 3.8) is 0 Å². The predicted octanol–water partition coefficient (Wildman–Crippen LogP) is 3.40. The quantitative estimate of drug-likeness (QED) is 0.513. The van der Waals surface area contributed by atoms with E-state index in [2.05, 4.69) is 4.98 Å². The third kappa shape index (κ3) is 4.31. The first-order valence-electron chi connectivity index (χ1n) is 8.72. The molecule has 2 heterocycles. The van der Waals surface area contributed by atoms with Crippen LogP contribution in [-0.4, -0.2) is 38.2 Å². The minimum Gasteiger partial charge on any atom is -0.313 e. The number of carbonyl (C=O) groups is 1. The molecule has 0 saturated carbocycles. The minimum atomic E-state index is -4.79. The van der Waals surface area contributed by atoms with Crippen LogP contribution >= 0.6 is 0 Å². The molecule has 0 radical (unpaired) electrons. The summed E-state index contributed by atoms with van der Waals surface area (Å²) < 4.78 is 105. The lowest BCUT2D eigenvalue weighted by Gasteiger charge is -2.28. The second kappa shape index (κ2) is 7.70. The van der Waals surface area contributed by atoms with Crippen molar-refractivity contribution in [3.05, 3.63) is 53.0 Å². The largest absolute Gasteiger partial charge is 0.416 e. The summed E-state index contributed by atoms with van der Waals surface area (Å²) in [4.78, 5) is 17.5. The molecule has 2 aromatic rings. The highest BCUT2D eigenvalue weighted by Gasteiger charge is 2.45. The van der Waals surface area contributed by atoms with E-state index >= 15 is 0 Å². The third-order valence-electron chi connectivity index (χ3n) is 4.70. The summed E-state index contributed by atoms with van der Waals surface area (Å²) >= 11 is 0. The Kier molecular flexibility index (Phi) is 5.67. The number of anilines is 2. The number of rotatable bonds is 3.